The van der Waals surface area contributed by atoms with Gasteiger partial charge in [-0.15, -0.1) is 0 Å². The largest absolute Gasteiger partial charge is 0.461 e. The van der Waals surface area contributed by atoms with E-state index in [0.717, 1.165) is 5.56 Å². The second-order valence-electron chi connectivity index (χ2n) is 5.82. The molecule has 0 radical (unpaired) electrons. The maximum Gasteiger partial charge on any atom is 0.274 e. The number of benzene rings is 1. The Morgan fingerprint density at radius 3 is 2.59 bits per heavy atom. The molecule has 27 heavy (non-hydrogen) atoms. The van der Waals surface area contributed by atoms with E-state index in [0.29, 0.717) is 17.1 Å². The summed E-state index contributed by atoms with van der Waals surface area (Å²) in [4.78, 5) is 25.4. The Morgan fingerprint density at radius 2 is 1.93 bits per heavy atom. The molecule has 0 bridgehead atoms. The van der Waals surface area contributed by atoms with Crippen molar-refractivity contribution in [2.75, 3.05) is 20.6 Å². The number of aromatic nitrogens is 1. The molecule has 0 unspecified atom stereocenters. The van der Waals surface area contributed by atoms with Crippen LogP contribution in [0.3, 0.4) is 0 Å². The van der Waals surface area contributed by atoms with Gasteiger partial charge >= 0.3 is 0 Å². The van der Waals surface area contributed by atoms with E-state index in [2.05, 4.69) is 22.3 Å². The van der Waals surface area contributed by atoms with Gasteiger partial charge in [0.2, 0.25) is 5.76 Å². The maximum atomic E-state index is 12.0. The molecule has 0 fully saturated rings. The van der Waals surface area contributed by atoms with Gasteiger partial charge in [-0.05, 0) is 36.4 Å². The number of nitrogens with one attached hydrogen (secondary N) is 1. The molecule has 0 saturated carbocycles. The van der Waals surface area contributed by atoms with E-state index in [-0.39, 0.29) is 18.1 Å². The van der Waals surface area contributed by atoms with Gasteiger partial charge < -0.3 is 19.2 Å². The van der Waals surface area contributed by atoms with Crippen LogP contribution in [0, 0.1) is 11.8 Å². The number of carbonyl (C=O) groups is 2. The number of hydrogen-bond acceptors (Lipinski definition) is 5. The fourth-order valence-electron chi connectivity index (χ4n) is 2.23. The Bertz CT molecular complexity index is 990. The summed E-state index contributed by atoms with van der Waals surface area (Å²) in [7, 11) is 3.40. The predicted molar refractivity (Wildman–Crippen MR) is 97.9 cm³/mol. The average molecular weight is 363 g/mol. The molecule has 0 saturated heterocycles. The highest BCUT2D eigenvalue weighted by molar-refractivity contribution is 5.94. The third-order valence-electron chi connectivity index (χ3n) is 3.61. The predicted octanol–water partition coefficient (Wildman–Crippen LogP) is 2.42. The molecule has 2 aromatic heterocycles. The smallest absolute Gasteiger partial charge is 0.274 e. The summed E-state index contributed by atoms with van der Waals surface area (Å²) in [5, 5.41) is 6.36. The van der Waals surface area contributed by atoms with E-state index < -0.39 is 5.91 Å². The monoisotopic (exact) mass is 363 g/mol. The third kappa shape index (κ3) is 4.44. The van der Waals surface area contributed by atoms with Crippen LogP contribution in [0.25, 0.3) is 11.5 Å². The van der Waals surface area contributed by atoms with Gasteiger partial charge in [-0.25, -0.2) is 0 Å². The van der Waals surface area contributed by atoms with Crippen molar-refractivity contribution in [3.05, 3.63) is 65.5 Å². The Morgan fingerprint density at radius 1 is 1.15 bits per heavy atom. The van der Waals surface area contributed by atoms with Gasteiger partial charge in [0.15, 0.2) is 11.5 Å². The number of carbonyl (C=O) groups excluding carboxylic acids is 2. The molecule has 7 heteroatoms. The summed E-state index contributed by atoms with van der Waals surface area (Å²) in [5.74, 6) is 6.20. The van der Waals surface area contributed by atoms with Crippen LogP contribution in [0.15, 0.2) is 57.7 Å². The molecule has 0 atom stereocenters. The minimum absolute atomic E-state index is 0.0664. The summed E-state index contributed by atoms with van der Waals surface area (Å²) >= 11 is 0. The molecule has 0 aliphatic carbocycles. The van der Waals surface area contributed by atoms with Crippen LogP contribution in [0.4, 0.5) is 0 Å². The quantitative estimate of drug-likeness (QED) is 0.719. The van der Waals surface area contributed by atoms with Gasteiger partial charge in [-0.3, -0.25) is 9.59 Å². The first-order valence-electron chi connectivity index (χ1n) is 8.14. The molecule has 2 amide bonds. The molecular formula is C20H17N3O4. The summed E-state index contributed by atoms with van der Waals surface area (Å²) in [6, 6.07) is 11.9. The van der Waals surface area contributed by atoms with Gasteiger partial charge in [-0.2, -0.15) is 0 Å². The van der Waals surface area contributed by atoms with Crippen molar-refractivity contribution in [1.29, 1.82) is 0 Å². The number of furan rings is 1. The van der Waals surface area contributed by atoms with E-state index >= 15 is 0 Å². The molecule has 0 aliphatic heterocycles. The van der Waals surface area contributed by atoms with Crippen LogP contribution in [0.5, 0.6) is 0 Å². The molecular weight excluding hydrogens is 346 g/mol. The van der Waals surface area contributed by atoms with Gasteiger partial charge in [0.1, 0.15) is 0 Å². The number of nitrogens with zero attached hydrogens (tertiary/aromatic N) is 2. The lowest BCUT2D eigenvalue weighted by Gasteiger charge is -2.09. The van der Waals surface area contributed by atoms with Gasteiger partial charge in [-0.1, -0.05) is 17.0 Å². The minimum Gasteiger partial charge on any atom is -0.461 e. The number of rotatable bonds is 4. The van der Waals surface area contributed by atoms with E-state index in [9.17, 15) is 9.59 Å². The van der Waals surface area contributed by atoms with Crippen molar-refractivity contribution in [2.45, 2.75) is 0 Å². The molecule has 1 aromatic carbocycles. The van der Waals surface area contributed by atoms with Crippen molar-refractivity contribution in [3.63, 3.8) is 0 Å². The van der Waals surface area contributed by atoms with Crippen LogP contribution in [0.1, 0.15) is 26.4 Å². The summed E-state index contributed by atoms with van der Waals surface area (Å²) < 4.78 is 10.3. The second kappa shape index (κ2) is 8.06. The Balaban J connectivity index is 1.54. The number of amides is 2. The van der Waals surface area contributed by atoms with E-state index in [4.69, 9.17) is 8.94 Å². The topological polar surface area (TPSA) is 88.6 Å². The zero-order valence-corrected chi connectivity index (χ0v) is 14.9. The van der Waals surface area contributed by atoms with E-state index in [1.807, 2.05) is 0 Å². The Kier molecular flexibility index (Phi) is 5.38. The molecule has 0 aliphatic rings. The first-order valence-corrected chi connectivity index (χ1v) is 8.14. The highest BCUT2D eigenvalue weighted by atomic mass is 16.5. The molecule has 2 heterocycles. The average Bonchev–Trinajstić information content (AvgIpc) is 3.36. The Labute approximate surface area is 155 Å². The highest BCUT2D eigenvalue weighted by Crippen LogP contribution is 2.20. The minimum atomic E-state index is -0.391. The van der Waals surface area contributed by atoms with Crippen molar-refractivity contribution >= 4 is 11.8 Å². The van der Waals surface area contributed by atoms with E-state index in [1.54, 1.807) is 50.5 Å². The summed E-state index contributed by atoms with van der Waals surface area (Å²) in [6.07, 6.45) is 1.51. The summed E-state index contributed by atoms with van der Waals surface area (Å²) in [5.41, 5.74) is 1.49. The lowest BCUT2D eigenvalue weighted by atomic mass is 10.1. The first-order chi connectivity index (χ1) is 13.0. The molecule has 3 aromatic rings. The molecule has 0 spiro atoms. The van der Waals surface area contributed by atoms with Gasteiger partial charge in [0.25, 0.3) is 11.8 Å². The SMILES string of the molecule is CN(C)C(=O)c1ccc(C#CCNC(=O)c2cc(-c3ccco3)on2)cc1. The number of hydrogen-bond donors (Lipinski definition) is 1. The molecule has 136 valence electrons. The fourth-order valence-corrected chi connectivity index (χ4v) is 2.23. The molecule has 1 N–H and O–H groups in total. The van der Waals surface area contributed by atoms with Crippen LogP contribution in [0.2, 0.25) is 0 Å². The van der Waals surface area contributed by atoms with Crippen LogP contribution < -0.4 is 5.32 Å². The standard InChI is InChI=1S/C20H17N3O4/c1-23(2)20(25)15-9-7-14(8-10-15)5-3-11-21-19(24)16-13-18(27-22-16)17-6-4-12-26-17/h4,6-10,12-13H,11H2,1-2H3,(H,21,24). The van der Waals surface area contributed by atoms with Gasteiger partial charge in [0.05, 0.1) is 12.8 Å². The van der Waals surface area contributed by atoms with Crippen LogP contribution in [-0.2, 0) is 0 Å². The van der Waals surface area contributed by atoms with Crippen molar-refractivity contribution < 1.29 is 18.5 Å². The van der Waals surface area contributed by atoms with Crippen LogP contribution in [-0.4, -0.2) is 42.5 Å². The highest BCUT2D eigenvalue weighted by Gasteiger charge is 2.14. The Hall–Kier alpha value is -3.79. The van der Waals surface area contributed by atoms with Crippen molar-refractivity contribution in [2.24, 2.45) is 0 Å². The van der Waals surface area contributed by atoms with Crippen molar-refractivity contribution in [1.82, 2.24) is 15.4 Å². The second-order valence-corrected chi connectivity index (χ2v) is 5.82. The lowest BCUT2D eigenvalue weighted by molar-refractivity contribution is 0.0827. The van der Waals surface area contributed by atoms with Crippen molar-refractivity contribution in [3.8, 4) is 23.4 Å². The zero-order valence-electron chi connectivity index (χ0n) is 14.9. The maximum absolute atomic E-state index is 12.0. The molecule has 7 nitrogen and oxygen atoms in total. The van der Waals surface area contributed by atoms with E-state index in [1.165, 1.54) is 17.2 Å². The lowest BCUT2D eigenvalue weighted by Crippen LogP contribution is -2.23. The zero-order chi connectivity index (χ0) is 19.2. The first kappa shape index (κ1) is 18.0. The van der Waals surface area contributed by atoms with Crippen LogP contribution >= 0.6 is 0 Å². The van der Waals surface area contributed by atoms with Gasteiger partial charge in [0, 0.05) is 31.3 Å². The third-order valence-corrected chi connectivity index (χ3v) is 3.61. The molecule has 3 rings (SSSR count). The summed E-state index contributed by atoms with van der Waals surface area (Å²) in [6.45, 7) is 0.153. The normalized spacial score (nSPS) is 10.0. The fraction of sp³-hybridized carbons (Fsp3) is 0.150.